The maximum Gasteiger partial charge on any atom is 0.0984 e. The Morgan fingerprint density at radius 1 is 0.533 bits per heavy atom. The van der Waals surface area contributed by atoms with Gasteiger partial charge >= 0.3 is 0 Å². The molecule has 4 rings (SSSR count). The summed E-state index contributed by atoms with van der Waals surface area (Å²) in [6.07, 6.45) is 0.186. The topological polar surface area (TPSA) is 32.3 Å². The summed E-state index contributed by atoms with van der Waals surface area (Å²) < 4.78 is 0. The van der Waals surface area contributed by atoms with Crippen molar-refractivity contribution in [3.63, 3.8) is 0 Å². The van der Waals surface area contributed by atoms with Gasteiger partial charge < -0.3 is 10.4 Å². The minimum absolute atomic E-state index is 0.0668. The molecule has 4 aromatic carbocycles. The summed E-state index contributed by atoms with van der Waals surface area (Å²) in [5.74, 6) is 0. The van der Waals surface area contributed by atoms with E-state index in [1.54, 1.807) is 0 Å². The molecule has 0 radical (unpaired) electrons. The number of aliphatic hydroxyl groups is 1. The molecule has 0 aromatic heterocycles. The van der Waals surface area contributed by atoms with Crippen LogP contribution in [0, 0.1) is 0 Å². The highest BCUT2D eigenvalue weighted by Crippen LogP contribution is 2.32. The Bertz CT molecular complexity index is 1000. The van der Waals surface area contributed by atoms with E-state index in [2.05, 4.69) is 66.0 Å². The molecule has 4 aromatic rings. The third kappa shape index (κ3) is 5.04. The molecular formula is C28H27NO. The highest BCUT2D eigenvalue weighted by atomic mass is 16.3. The van der Waals surface area contributed by atoms with E-state index in [0.29, 0.717) is 0 Å². The Morgan fingerprint density at radius 2 is 0.967 bits per heavy atom. The summed E-state index contributed by atoms with van der Waals surface area (Å²) in [6.45, 7) is 0. The summed E-state index contributed by atoms with van der Waals surface area (Å²) in [6, 6.07) is 40.9. The van der Waals surface area contributed by atoms with E-state index in [1.807, 2.05) is 60.7 Å². The molecule has 2 nitrogen and oxygen atoms in total. The smallest absolute Gasteiger partial charge is 0.0984 e. The van der Waals surface area contributed by atoms with Gasteiger partial charge in [0.15, 0.2) is 0 Å². The van der Waals surface area contributed by atoms with Crippen molar-refractivity contribution >= 4 is 0 Å². The van der Waals surface area contributed by atoms with Gasteiger partial charge in [-0.2, -0.15) is 0 Å². The van der Waals surface area contributed by atoms with Gasteiger partial charge in [0.05, 0.1) is 12.1 Å². The Labute approximate surface area is 178 Å². The molecule has 0 aliphatic carbocycles. The van der Waals surface area contributed by atoms with E-state index in [9.17, 15) is 5.11 Å². The number of nitrogens with one attached hydrogen (secondary N) is 1. The zero-order chi connectivity index (χ0) is 20.6. The molecule has 0 unspecified atom stereocenters. The fourth-order valence-electron chi connectivity index (χ4n) is 3.90. The molecule has 3 atom stereocenters. The maximum absolute atomic E-state index is 11.3. The molecule has 2 heteroatoms. The van der Waals surface area contributed by atoms with Gasteiger partial charge in [-0.25, -0.2) is 0 Å². The molecule has 0 bridgehead atoms. The van der Waals surface area contributed by atoms with Crippen LogP contribution in [0.4, 0.5) is 0 Å². The number of hydrogen-bond acceptors (Lipinski definition) is 2. The van der Waals surface area contributed by atoms with Gasteiger partial charge in [0.1, 0.15) is 0 Å². The second-order valence-electron chi connectivity index (χ2n) is 7.56. The van der Waals surface area contributed by atoms with E-state index in [4.69, 9.17) is 0 Å². The van der Waals surface area contributed by atoms with Gasteiger partial charge in [-0.1, -0.05) is 121 Å². The minimum Gasteiger partial charge on any atom is -0.386 e. The van der Waals surface area contributed by atoms with Gasteiger partial charge in [-0.3, -0.25) is 0 Å². The van der Waals surface area contributed by atoms with Crippen LogP contribution in [0.25, 0.3) is 0 Å². The highest BCUT2D eigenvalue weighted by Gasteiger charge is 2.26. The Hall–Kier alpha value is -3.20. The van der Waals surface area contributed by atoms with Crippen molar-refractivity contribution in [2.45, 2.75) is 24.6 Å². The van der Waals surface area contributed by atoms with Crippen molar-refractivity contribution in [3.05, 3.63) is 144 Å². The molecule has 0 aliphatic rings. The number of rotatable bonds is 8. The first-order chi connectivity index (χ1) is 14.8. The first kappa shape index (κ1) is 20.1. The van der Waals surface area contributed by atoms with Gasteiger partial charge in [0.2, 0.25) is 0 Å². The standard InChI is InChI=1S/C28H27NO/c30-28(25-19-11-4-12-20-25)27(24-17-9-3-10-18-24)29-26(23-15-7-2-8-16-23)21-22-13-5-1-6-14-22/h1-20,26-30H,21H2/t26-,27+,28+/m0/s1. The molecule has 0 aliphatic heterocycles. The van der Waals surface area contributed by atoms with Crippen LogP contribution < -0.4 is 5.32 Å². The van der Waals surface area contributed by atoms with Crippen LogP contribution in [0.3, 0.4) is 0 Å². The Morgan fingerprint density at radius 3 is 1.50 bits per heavy atom. The summed E-state index contributed by atoms with van der Waals surface area (Å²) in [7, 11) is 0. The van der Waals surface area contributed by atoms with Gasteiger partial charge in [0, 0.05) is 6.04 Å². The Balaban J connectivity index is 1.69. The summed E-state index contributed by atoms with van der Waals surface area (Å²) in [5, 5.41) is 15.1. The Kier molecular flexibility index (Phi) is 6.71. The zero-order valence-electron chi connectivity index (χ0n) is 16.9. The summed E-state index contributed by atoms with van der Waals surface area (Å²) in [5.41, 5.74) is 4.45. The molecule has 0 heterocycles. The van der Waals surface area contributed by atoms with Crippen molar-refractivity contribution in [2.24, 2.45) is 0 Å². The molecule has 0 fully saturated rings. The van der Waals surface area contributed by atoms with Crippen LogP contribution in [-0.2, 0) is 6.42 Å². The number of benzene rings is 4. The third-order valence-electron chi connectivity index (χ3n) is 5.48. The molecular weight excluding hydrogens is 366 g/mol. The highest BCUT2D eigenvalue weighted by molar-refractivity contribution is 5.29. The maximum atomic E-state index is 11.3. The van der Waals surface area contributed by atoms with Crippen LogP contribution in [0.1, 0.15) is 40.4 Å². The van der Waals surface area contributed by atoms with Crippen LogP contribution in [0.2, 0.25) is 0 Å². The van der Waals surface area contributed by atoms with Crippen LogP contribution in [0.15, 0.2) is 121 Å². The monoisotopic (exact) mass is 393 g/mol. The van der Waals surface area contributed by atoms with Gasteiger partial charge in [0.25, 0.3) is 0 Å². The lowest BCUT2D eigenvalue weighted by molar-refractivity contribution is 0.121. The van der Waals surface area contributed by atoms with Crippen molar-refractivity contribution in [1.29, 1.82) is 0 Å². The van der Waals surface area contributed by atoms with E-state index in [-0.39, 0.29) is 12.1 Å². The van der Waals surface area contributed by atoms with E-state index in [0.717, 1.165) is 17.5 Å². The largest absolute Gasteiger partial charge is 0.386 e. The van der Waals surface area contributed by atoms with Crippen molar-refractivity contribution in [2.75, 3.05) is 0 Å². The average Bonchev–Trinajstić information content (AvgIpc) is 2.83. The number of aliphatic hydroxyl groups excluding tert-OH is 1. The van der Waals surface area contributed by atoms with Gasteiger partial charge in [-0.05, 0) is 28.7 Å². The molecule has 0 amide bonds. The number of hydrogen-bond donors (Lipinski definition) is 2. The second kappa shape index (κ2) is 10.0. The fraction of sp³-hybridized carbons (Fsp3) is 0.143. The summed E-state index contributed by atoms with van der Waals surface area (Å²) in [4.78, 5) is 0. The molecule has 0 saturated carbocycles. The van der Waals surface area contributed by atoms with Crippen LogP contribution in [0.5, 0.6) is 0 Å². The quantitative estimate of drug-likeness (QED) is 0.383. The first-order valence-corrected chi connectivity index (χ1v) is 10.4. The zero-order valence-corrected chi connectivity index (χ0v) is 16.9. The normalized spacial score (nSPS) is 14.0. The summed E-state index contributed by atoms with van der Waals surface area (Å²) >= 11 is 0. The molecule has 0 spiro atoms. The lowest BCUT2D eigenvalue weighted by Gasteiger charge is -2.30. The van der Waals surface area contributed by atoms with Crippen molar-refractivity contribution in [1.82, 2.24) is 5.32 Å². The van der Waals surface area contributed by atoms with Crippen LogP contribution in [-0.4, -0.2) is 5.11 Å². The SMILES string of the molecule is O[C@H](c1ccccc1)[C@H](N[C@@H](Cc1ccccc1)c1ccccc1)c1ccccc1. The lowest BCUT2D eigenvalue weighted by Crippen LogP contribution is -2.32. The predicted octanol–water partition coefficient (Wildman–Crippen LogP) is 6.03. The third-order valence-corrected chi connectivity index (χ3v) is 5.48. The van der Waals surface area contributed by atoms with Crippen LogP contribution >= 0.6 is 0 Å². The van der Waals surface area contributed by atoms with E-state index < -0.39 is 6.10 Å². The molecule has 30 heavy (non-hydrogen) atoms. The first-order valence-electron chi connectivity index (χ1n) is 10.4. The van der Waals surface area contributed by atoms with E-state index in [1.165, 1.54) is 11.1 Å². The molecule has 0 saturated heterocycles. The van der Waals surface area contributed by atoms with Gasteiger partial charge in [-0.15, -0.1) is 0 Å². The fourth-order valence-corrected chi connectivity index (χ4v) is 3.90. The molecule has 2 N–H and O–H groups in total. The van der Waals surface area contributed by atoms with E-state index >= 15 is 0 Å². The second-order valence-corrected chi connectivity index (χ2v) is 7.56. The van der Waals surface area contributed by atoms with Crippen molar-refractivity contribution < 1.29 is 5.11 Å². The predicted molar refractivity (Wildman–Crippen MR) is 123 cm³/mol. The minimum atomic E-state index is -0.657. The van der Waals surface area contributed by atoms with Crippen molar-refractivity contribution in [3.8, 4) is 0 Å². The lowest BCUT2D eigenvalue weighted by atomic mass is 9.92. The molecule has 150 valence electrons. The average molecular weight is 394 g/mol.